The standard InChI is InChI=1S/C14H31N5.H2O4S/c1-5-9-18(10-6-2)13(15)17-14(16)19(11-7-3)12-8-4;1-5(2,3)4/h5-12H2,1-4H3,(H3,15,16,17);(H2,1,2,3,4). The third-order valence-corrected chi connectivity index (χ3v) is 2.82. The second-order valence-electron chi connectivity index (χ2n) is 5.22. The van der Waals surface area contributed by atoms with Crippen molar-refractivity contribution in [3.8, 4) is 0 Å². The molecule has 0 amide bonds. The monoisotopic (exact) mass is 367 g/mol. The van der Waals surface area contributed by atoms with E-state index in [4.69, 9.17) is 28.7 Å². The molecule has 0 aliphatic carbocycles. The van der Waals surface area contributed by atoms with Crippen LogP contribution in [0.3, 0.4) is 0 Å². The van der Waals surface area contributed by atoms with Crippen LogP contribution >= 0.6 is 0 Å². The normalized spacial score (nSPS) is 11.5. The van der Waals surface area contributed by atoms with E-state index in [2.05, 4.69) is 37.6 Å². The van der Waals surface area contributed by atoms with Crippen molar-refractivity contribution in [2.45, 2.75) is 53.4 Å². The Morgan fingerprint density at radius 3 is 1.50 bits per heavy atom. The second-order valence-corrected chi connectivity index (χ2v) is 6.11. The average molecular weight is 368 g/mol. The van der Waals surface area contributed by atoms with Crippen molar-refractivity contribution in [1.29, 1.82) is 5.41 Å². The van der Waals surface area contributed by atoms with Gasteiger partial charge < -0.3 is 15.5 Å². The van der Waals surface area contributed by atoms with Crippen molar-refractivity contribution in [3.05, 3.63) is 0 Å². The molecule has 0 fully saturated rings. The quantitative estimate of drug-likeness (QED) is 0.291. The van der Waals surface area contributed by atoms with Gasteiger partial charge in [0, 0.05) is 26.2 Å². The van der Waals surface area contributed by atoms with Crippen LogP contribution in [0.25, 0.3) is 0 Å². The maximum Gasteiger partial charge on any atom is 0.394 e. The summed E-state index contributed by atoms with van der Waals surface area (Å²) in [6.07, 6.45) is 4.12. The Kier molecular flexibility index (Phi) is 14.5. The molecule has 0 saturated heterocycles. The van der Waals surface area contributed by atoms with E-state index in [-0.39, 0.29) is 0 Å². The minimum atomic E-state index is -4.67. The lowest BCUT2D eigenvalue weighted by molar-refractivity contribution is 0.381. The summed E-state index contributed by atoms with van der Waals surface area (Å²) < 4.78 is 31.6. The van der Waals surface area contributed by atoms with Gasteiger partial charge in [-0.2, -0.15) is 13.4 Å². The Hall–Kier alpha value is -1.39. The van der Waals surface area contributed by atoms with E-state index in [1.165, 1.54) is 0 Å². The smallest absolute Gasteiger partial charge is 0.369 e. The highest BCUT2D eigenvalue weighted by molar-refractivity contribution is 7.79. The number of hydrogen-bond donors (Lipinski definition) is 4. The van der Waals surface area contributed by atoms with Crippen LogP contribution in [-0.4, -0.2) is 65.4 Å². The third kappa shape index (κ3) is 15.5. The highest BCUT2D eigenvalue weighted by Crippen LogP contribution is 1.99. The molecule has 0 aliphatic heterocycles. The number of aliphatic imine (C=N–C) groups is 1. The predicted molar refractivity (Wildman–Crippen MR) is 97.8 cm³/mol. The highest BCUT2D eigenvalue weighted by atomic mass is 32.3. The maximum atomic E-state index is 8.74. The van der Waals surface area contributed by atoms with Crippen molar-refractivity contribution in [2.24, 2.45) is 10.7 Å². The van der Waals surface area contributed by atoms with Crippen LogP contribution in [0.2, 0.25) is 0 Å². The molecule has 0 radical (unpaired) electrons. The number of hydrogen-bond acceptors (Lipinski definition) is 3. The molecule has 24 heavy (non-hydrogen) atoms. The molecule has 0 aromatic heterocycles. The van der Waals surface area contributed by atoms with Gasteiger partial charge >= 0.3 is 10.4 Å². The maximum absolute atomic E-state index is 8.74. The van der Waals surface area contributed by atoms with Gasteiger partial charge in [-0.05, 0) is 25.7 Å². The first-order valence-corrected chi connectivity index (χ1v) is 9.62. The Morgan fingerprint density at radius 1 is 0.917 bits per heavy atom. The number of guanidine groups is 2. The van der Waals surface area contributed by atoms with Crippen LogP contribution < -0.4 is 5.73 Å². The van der Waals surface area contributed by atoms with Gasteiger partial charge in [0.25, 0.3) is 0 Å². The highest BCUT2D eigenvalue weighted by Gasteiger charge is 2.10. The number of rotatable bonds is 8. The zero-order valence-electron chi connectivity index (χ0n) is 15.2. The molecular weight excluding hydrogens is 334 g/mol. The fraction of sp³-hybridized carbons (Fsp3) is 0.857. The van der Waals surface area contributed by atoms with Gasteiger partial charge in [0.2, 0.25) is 5.96 Å². The SMILES string of the molecule is CCCN(CCC)C(=N)/N=C(\N)N(CCC)CCC.O=S(=O)(O)O. The fourth-order valence-corrected chi connectivity index (χ4v) is 1.99. The lowest BCUT2D eigenvalue weighted by atomic mass is 10.3. The van der Waals surface area contributed by atoms with Crippen molar-refractivity contribution < 1.29 is 17.5 Å². The number of nitrogens with zero attached hydrogens (tertiary/aromatic N) is 3. The van der Waals surface area contributed by atoms with E-state index in [1.54, 1.807) is 0 Å². The van der Waals surface area contributed by atoms with Crippen molar-refractivity contribution >= 4 is 22.3 Å². The summed E-state index contributed by atoms with van der Waals surface area (Å²) in [6, 6.07) is 0. The summed E-state index contributed by atoms with van der Waals surface area (Å²) in [5.74, 6) is 0.768. The molecule has 0 aromatic carbocycles. The van der Waals surface area contributed by atoms with Gasteiger partial charge in [-0.1, -0.05) is 27.7 Å². The Labute approximate surface area is 146 Å². The molecule has 9 nitrogen and oxygen atoms in total. The molecule has 0 spiro atoms. The number of nitrogens with one attached hydrogen (secondary N) is 1. The lowest BCUT2D eigenvalue weighted by Gasteiger charge is -2.25. The average Bonchev–Trinajstić information content (AvgIpc) is 2.45. The summed E-state index contributed by atoms with van der Waals surface area (Å²) in [5.41, 5.74) is 6.03. The molecule has 0 heterocycles. The molecule has 144 valence electrons. The summed E-state index contributed by atoms with van der Waals surface area (Å²) >= 11 is 0. The Morgan fingerprint density at radius 2 is 1.21 bits per heavy atom. The van der Waals surface area contributed by atoms with Gasteiger partial charge in [0.05, 0.1) is 0 Å². The Bertz CT molecular complexity index is 448. The van der Waals surface area contributed by atoms with Crippen LogP contribution in [0.15, 0.2) is 4.99 Å². The topological polar surface area (TPSA) is 143 Å². The van der Waals surface area contributed by atoms with E-state index in [1.807, 2.05) is 4.90 Å². The molecule has 0 bridgehead atoms. The molecule has 0 rings (SSSR count). The van der Waals surface area contributed by atoms with Crippen LogP contribution in [0.4, 0.5) is 0 Å². The first kappa shape index (κ1) is 24.9. The van der Waals surface area contributed by atoms with Gasteiger partial charge in [0.15, 0.2) is 5.96 Å². The second kappa shape index (κ2) is 14.0. The van der Waals surface area contributed by atoms with Crippen molar-refractivity contribution in [1.82, 2.24) is 9.80 Å². The van der Waals surface area contributed by atoms with Crippen molar-refractivity contribution in [2.75, 3.05) is 26.2 Å². The zero-order chi connectivity index (χ0) is 19.2. The fourth-order valence-electron chi connectivity index (χ4n) is 1.99. The lowest BCUT2D eigenvalue weighted by Crippen LogP contribution is -2.41. The molecule has 0 aliphatic rings. The molecule has 0 unspecified atom stereocenters. The van der Waals surface area contributed by atoms with Gasteiger partial charge in [-0.15, -0.1) is 0 Å². The summed E-state index contributed by atoms with van der Waals surface area (Å²) in [5, 5.41) is 8.07. The van der Waals surface area contributed by atoms with E-state index < -0.39 is 10.4 Å². The van der Waals surface area contributed by atoms with Crippen LogP contribution in [0.5, 0.6) is 0 Å². The van der Waals surface area contributed by atoms with E-state index in [0.717, 1.165) is 51.9 Å². The predicted octanol–water partition coefficient (Wildman–Crippen LogP) is 1.83. The molecule has 0 atom stereocenters. The van der Waals surface area contributed by atoms with E-state index >= 15 is 0 Å². The molecule has 10 heteroatoms. The number of nitrogens with two attached hydrogens (primary N) is 1. The molecule has 0 aromatic rings. The summed E-state index contributed by atoms with van der Waals surface area (Å²) in [4.78, 5) is 8.33. The first-order chi connectivity index (χ1) is 11.1. The minimum Gasteiger partial charge on any atom is -0.369 e. The van der Waals surface area contributed by atoms with E-state index in [9.17, 15) is 0 Å². The van der Waals surface area contributed by atoms with Gasteiger partial charge in [-0.3, -0.25) is 14.5 Å². The largest absolute Gasteiger partial charge is 0.394 e. The van der Waals surface area contributed by atoms with Gasteiger partial charge in [0.1, 0.15) is 0 Å². The van der Waals surface area contributed by atoms with Crippen LogP contribution in [0, 0.1) is 5.41 Å². The van der Waals surface area contributed by atoms with Crippen LogP contribution in [-0.2, 0) is 10.4 Å². The van der Waals surface area contributed by atoms with Crippen LogP contribution in [0.1, 0.15) is 53.4 Å². The zero-order valence-corrected chi connectivity index (χ0v) is 16.0. The Balaban J connectivity index is 0. The summed E-state index contributed by atoms with van der Waals surface area (Å²) in [6.45, 7) is 12.0. The molecular formula is C14H33N5O4S. The summed E-state index contributed by atoms with van der Waals surface area (Å²) in [7, 11) is -4.67. The molecule has 5 N–H and O–H groups in total. The first-order valence-electron chi connectivity index (χ1n) is 8.22. The van der Waals surface area contributed by atoms with E-state index in [0.29, 0.717) is 11.9 Å². The van der Waals surface area contributed by atoms with Crippen molar-refractivity contribution in [3.63, 3.8) is 0 Å². The van der Waals surface area contributed by atoms with Gasteiger partial charge in [-0.25, -0.2) is 0 Å². The third-order valence-electron chi connectivity index (χ3n) is 2.82. The minimum absolute atomic E-state index is 0.290. The molecule has 0 saturated carbocycles.